The quantitative estimate of drug-likeness (QED) is 0.477. The van der Waals surface area contributed by atoms with Crippen molar-refractivity contribution in [2.45, 2.75) is 38.0 Å². The fourth-order valence-electron chi connectivity index (χ4n) is 3.24. The summed E-state index contributed by atoms with van der Waals surface area (Å²) in [6.45, 7) is 1.90. The van der Waals surface area contributed by atoms with Crippen LogP contribution in [0.2, 0.25) is 0 Å². The van der Waals surface area contributed by atoms with Crippen LogP contribution in [0.1, 0.15) is 49.3 Å². The van der Waals surface area contributed by atoms with Crippen LogP contribution in [-0.4, -0.2) is 52.8 Å². The van der Waals surface area contributed by atoms with Crippen molar-refractivity contribution in [2.75, 3.05) is 35.6 Å². The van der Waals surface area contributed by atoms with Crippen molar-refractivity contribution in [2.24, 2.45) is 0 Å². The molecule has 0 bridgehead atoms. The minimum atomic E-state index is -0.694. The third-order valence-corrected chi connectivity index (χ3v) is 5.65. The third-order valence-electron chi connectivity index (χ3n) is 5.34. The van der Waals surface area contributed by atoms with Gasteiger partial charge in [0.25, 0.3) is 0 Å². The number of amides is 2. The van der Waals surface area contributed by atoms with Crippen LogP contribution in [0, 0.1) is 0 Å². The first-order chi connectivity index (χ1) is 15.9. The first-order valence-corrected chi connectivity index (χ1v) is 11.7. The highest BCUT2D eigenvalue weighted by Crippen LogP contribution is 2.36. The van der Waals surface area contributed by atoms with E-state index in [9.17, 15) is 14.4 Å². The molecule has 1 atom stereocenters. The molecule has 0 spiro atoms. The highest BCUT2D eigenvalue weighted by molar-refractivity contribution is 6.18. The number of halogens is 2. The number of hydrogen-bond acceptors (Lipinski definition) is 6. The van der Waals surface area contributed by atoms with Gasteiger partial charge in [0.15, 0.2) is 0 Å². The van der Waals surface area contributed by atoms with Crippen LogP contribution in [0.5, 0.6) is 0 Å². The second kappa shape index (κ2) is 11.9. The molecule has 178 valence electrons. The van der Waals surface area contributed by atoms with Crippen LogP contribution in [0.3, 0.4) is 0 Å². The molecular formula is C22H26Cl2N4O5. The number of nitrogens with zero attached hydrogens (tertiary/aromatic N) is 2. The summed E-state index contributed by atoms with van der Waals surface area (Å²) in [7, 11) is 0. The Hall–Kier alpha value is -2.78. The number of nitrogens with one attached hydrogen (secondary N) is 2. The van der Waals surface area contributed by atoms with E-state index in [1.807, 2.05) is 0 Å². The van der Waals surface area contributed by atoms with Gasteiger partial charge in [-0.15, -0.1) is 27.9 Å². The predicted molar refractivity (Wildman–Crippen MR) is 125 cm³/mol. The van der Waals surface area contributed by atoms with Crippen molar-refractivity contribution in [3.05, 3.63) is 41.6 Å². The van der Waals surface area contributed by atoms with Crippen LogP contribution in [0.25, 0.3) is 0 Å². The number of carbonyl (C=O) groups excluding carboxylic acids is 3. The number of carbonyl (C=O) groups is 3. The van der Waals surface area contributed by atoms with E-state index in [-0.39, 0.29) is 42.6 Å². The molecule has 1 aliphatic carbocycles. The number of hydrogen-bond donors (Lipinski definition) is 2. The van der Waals surface area contributed by atoms with Crippen molar-refractivity contribution in [1.29, 1.82) is 0 Å². The van der Waals surface area contributed by atoms with Gasteiger partial charge in [0, 0.05) is 17.7 Å². The van der Waals surface area contributed by atoms with Gasteiger partial charge in [-0.3, -0.25) is 10.1 Å². The average molecular weight is 497 g/mol. The Kier molecular flexibility index (Phi) is 8.96. The molecule has 1 aliphatic rings. The lowest BCUT2D eigenvalue weighted by atomic mass is 9.83. The van der Waals surface area contributed by atoms with Gasteiger partial charge in [-0.2, -0.15) is 5.10 Å². The molecule has 0 aliphatic heterocycles. The summed E-state index contributed by atoms with van der Waals surface area (Å²) in [6.07, 6.45) is 1.81. The largest absolute Gasteiger partial charge is 0.448 e. The van der Waals surface area contributed by atoms with Gasteiger partial charge in [0.2, 0.25) is 5.91 Å². The molecule has 1 aromatic carbocycles. The predicted octanol–water partition coefficient (Wildman–Crippen LogP) is 4.90. The zero-order valence-corrected chi connectivity index (χ0v) is 19.7. The van der Waals surface area contributed by atoms with E-state index in [0.717, 1.165) is 35.2 Å². The van der Waals surface area contributed by atoms with Crippen molar-refractivity contribution < 1.29 is 23.9 Å². The van der Waals surface area contributed by atoms with Gasteiger partial charge in [-0.1, -0.05) is 18.6 Å². The maximum absolute atomic E-state index is 12.9. The fraction of sp³-hybridized carbons (Fsp3) is 0.455. The Bertz CT molecular complexity index is 976. The standard InChI is InChI=1S/C22H26Cl2N4O5/c1-14(15-5-7-17(8-6-15)25-21(30)32-11-9-23)20(29)26-19-13-18(16-3-2-4-16)27-28(19)22(31)33-12-10-24/h5-8,13-14,16H,2-4,9-12H2,1H3,(H,25,30)(H,26,29). The van der Waals surface area contributed by atoms with Gasteiger partial charge in [-0.25, -0.2) is 9.59 Å². The second-order valence-electron chi connectivity index (χ2n) is 7.58. The number of ether oxygens (including phenoxy) is 2. The molecule has 9 nitrogen and oxygen atoms in total. The molecule has 1 heterocycles. The van der Waals surface area contributed by atoms with Crippen molar-refractivity contribution in [1.82, 2.24) is 9.78 Å². The monoisotopic (exact) mass is 496 g/mol. The van der Waals surface area contributed by atoms with Gasteiger partial charge in [0.05, 0.1) is 23.4 Å². The van der Waals surface area contributed by atoms with Gasteiger partial charge in [-0.05, 0) is 37.5 Å². The maximum atomic E-state index is 12.9. The molecule has 2 aromatic rings. The van der Waals surface area contributed by atoms with E-state index in [0.29, 0.717) is 5.69 Å². The maximum Gasteiger partial charge on any atom is 0.436 e. The Morgan fingerprint density at radius 3 is 2.36 bits per heavy atom. The van der Waals surface area contributed by atoms with E-state index < -0.39 is 18.1 Å². The first-order valence-electron chi connectivity index (χ1n) is 10.7. The molecule has 0 saturated heterocycles. The summed E-state index contributed by atoms with van der Waals surface area (Å²) < 4.78 is 11.0. The molecule has 11 heteroatoms. The molecule has 2 amide bonds. The third kappa shape index (κ3) is 6.61. The lowest BCUT2D eigenvalue weighted by molar-refractivity contribution is -0.117. The topological polar surface area (TPSA) is 112 Å². The van der Waals surface area contributed by atoms with Gasteiger partial charge < -0.3 is 14.8 Å². The molecule has 3 rings (SSSR count). The SMILES string of the molecule is CC(C(=O)Nc1cc(C2CCC2)nn1C(=O)OCCCl)c1ccc(NC(=O)OCCCl)cc1. The minimum Gasteiger partial charge on any atom is -0.448 e. The summed E-state index contributed by atoms with van der Waals surface area (Å²) in [6, 6.07) is 8.52. The number of aromatic nitrogens is 2. The molecule has 1 saturated carbocycles. The lowest BCUT2D eigenvalue weighted by Crippen LogP contribution is -2.24. The highest BCUT2D eigenvalue weighted by Gasteiger charge is 2.27. The Balaban J connectivity index is 1.67. The molecule has 1 unspecified atom stereocenters. The Labute approximate surface area is 201 Å². The average Bonchev–Trinajstić information content (AvgIpc) is 3.17. The second-order valence-corrected chi connectivity index (χ2v) is 8.34. The van der Waals surface area contributed by atoms with Crippen LogP contribution in [0.4, 0.5) is 21.1 Å². The van der Waals surface area contributed by atoms with Crippen molar-refractivity contribution in [3.63, 3.8) is 0 Å². The molecular weight excluding hydrogens is 471 g/mol. The summed E-state index contributed by atoms with van der Waals surface area (Å²) in [5.74, 6) is 0.0614. The van der Waals surface area contributed by atoms with Crippen molar-refractivity contribution >= 4 is 52.8 Å². The van der Waals surface area contributed by atoms with E-state index in [1.54, 1.807) is 37.3 Å². The van der Waals surface area contributed by atoms with E-state index in [1.165, 1.54) is 0 Å². The number of alkyl halides is 2. The van der Waals surface area contributed by atoms with E-state index in [4.69, 9.17) is 32.7 Å². The van der Waals surface area contributed by atoms with Crippen LogP contribution < -0.4 is 10.6 Å². The number of benzene rings is 1. The fourth-order valence-corrected chi connectivity index (χ4v) is 3.40. The lowest BCUT2D eigenvalue weighted by Gasteiger charge is -2.22. The van der Waals surface area contributed by atoms with Crippen LogP contribution in [0.15, 0.2) is 30.3 Å². The molecule has 33 heavy (non-hydrogen) atoms. The summed E-state index contributed by atoms with van der Waals surface area (Å²) in [5, 5.41) is 9.72. The Morgan fingerprint density at radius 1 is 1.09 bits per heavy atom. The normalized spacial score (nSPS) is 14.2. The van der Waals surface area contributed by atoms with Crippen molar-refractivity contribution in [3.8, 4) is 0 Å². The zero-order chi connectivity index (χ0) is 23.8. The molecule has 2 N–H and O–H groups in total. The minimum absolute atomic E-state index is 0.0442. The van der Waals surface area contributed by atoms with Crippen LogP contribution >= 0.6 is 23.2 Å². The zero-order valence-electron chi connectivity index (χ0n) is 18.2. The van der Waals surface area contributed by atoms with Crippen LogP contribution in [-0.2, 0) is 14.3 Å². The summed E-state index contributed by atoms with van der Waals surface area (Å²) in [5.41, 5.74) is 2.00. The Morgan fingerprint density at radius 2 is 1.76 bits per heavy atom. The molecule has 1 fully saturated rings. The first kappa shape index (κ1) is 24.9. The molecule has 0 radical (unpaired) electrons. The van der Waals surface area contributed by atoms with E-state index in [2.05, 4.69) is 15.7 Å². The summed E-state index contributed by atoms with van der Waals surface area (Å²) >= 11 is 11.1. The highest BCUT2D eigenvalue weighted by atomic mass is 35.5. The number of anilines is 2. The smallest absolute Gasteiger partial charge is 0.436 e. The van der Waals surface area contributed by atoms with E-state index >= 15 is 0 Å². The summed E-state index contributed by atoms with van der Waals surface area (Å²) in [4.78, 5) is 36.9. The van der Waals surface area contributed by atoms with Gasteiger partial charge >= 0.3 is 12.2 Å². The molecule has 1 aromatic heterocycles. The van der Waals surface area contributed by atoms with Gasteiger partial charge in [0.1, 0.15) is 19.0 Å². The number of rotatable bonds is 9.